The van der Waals surface area contributed by atoms with Gasteiger partial charge in [0.1, 0.15) is 5.78 Å². The molecular weight excluding hydrogens is 296 g/mol. The van der Waals surface area contributed by atoms with Crippen molar-refractivity contribution in [1.29, 1.82) is 0 Å². The molecule has 5 rings (SSSR count). The van der Waals surface area contributed by atoms with Crippen LogP contribution in [0.3, 0.4) is 0 Å². The summed E-state index contributed by atoms with van der Waals surface area (Å²) in [6.45, 7) is 6.56. The van der Waals surface area contributed by atoms with E-state index >= 15 is 0 Å². The Morgan fingerprint density at radius 1 is 0.917 bits per heavy atom. The first-order valence-corrected chi connectivity index (χ1v) is 10.6. The Labute approximate surface area is 146 Å². The van der Waals surface area contributed by atoms with E-state index in [0.29, 0.717) is 29.0 Å². The lowest BCUT2D eigenvalue weighted by Gasteiger charge is -2.55. The van der Waals surface area contributed by atoms with E-state index in [4.69, 9.17) is 0 Å². The molecular formula is C22H34O2. The van der Waals surface area contributed by atoms with Gasteiger partial charge in [0, 0.05) is 5.92 Å². The van der Waals surface area contributed by atoms with Crippen molar-refractivity contribution >= 4 is 5.78 Å². The summed E-state index contributed by atoms with van der Waals surface area (Å²) in [5.74, 6) is 6.17. The minimum Gasteiger partial charge on any atom is -0.389 e. The summed E-state index contributed by atoms with van der Waals surface area (Å²) in [5, 5.41) is 10.8. The zero-order chi connectivity index (χ0) is 16.9. The average molecular weight is 331 g/mol. The topological polar surface area (TPSA) is 37.3 Å². The van der Waals surface area contributed by atoms with Crippen molar-refractivity contribution in [3.05, 3.63) is 0 Å². The molecule has 0 amide bonds. The van der Waals surface area contributed by atoms with Gasteiger partial charge in [-0.2, -0.15) is 0 Å². The number of ketones is 1. The van der Waals surface area contributed by atoms with Crippen LogP contribution >= 0.6 is 0 Å². The Morgan fingerprint density at radius 2 is 1.58 bits per heavy atom. The van der Waals surface area contributed by atoms with Gasteiger partial charge < -0.3 is 5.11 Å². The molecule has 1 N–H and O–H groups in total. The quantitative estimate of drug-likeness (QED) is 0.771. The van der Waals surface area contributed by atoms with Crippen LogP contribution in [-0.2, 0) is 4.79 Å². The number of carbonyl (C=O) groups excluding carboxylic acids is 1. The fourth-order valence-corrected chi connectivity index (χ4v) is 8.90. The lowest BCUT2D eigenvalue weighted by Crippen LogP contribution is -2.50. The summed E-state index contributed by atoms with van der Waals surface area (Å²) in [5.41, 5.74) is 0.00633. The highest BCUT2D eigenvalue weighted by molar-refractivity contribution is 5.79. The molecule has 5 aliphatic carbocycles. The van der Waals surface area contributed by atoms with E-state index in [0.717, 1.165) is 42.4 Å². The lowest BCUT2D eigenvalue weighted by molar-refractivity contribution is -0.128. The van der Waals surface area contributed by atoms with Crippen molar-refractivity contribution in [3.63, 3.8) is 0 Å². The third-order valence-corrected chi connectivity index (χ3v) is 10.1. The minimum atomic E-state index is -0.287. The maximum atomic E-state index is 12.2. The molecule has 10 atom stereocenters. The number of fused-ring (bicyclic) bond motifs is 7. The first kappa shape index (κ1) is 15.9. The van der Waals surface area contributed by atoms with Crippen molar-refractivity contribution in [1.82, 2.24) is 0 Å². The van der Waals surface area contributed by atoms with Gasteiger partial charge in [0.15, 0.2) is 0 Å². The Hall–Kier alpha value is -0.370. The van der Waals surface area contributed by atoms with Crippen LogP contribution in [0.2, 0.25) is 0 Å². The maximum Gasteiger partial charge on any atom is 0.133 e. The molecule has 0 spiro atoms. The van der Waals surface area contributed by atoms with Crippen LogP contribution in [0.15, 0.2) is 0 Å². The van der Waals surface area contributed by atoms with E-state index in [1.165, 1.54) is 38.5 Å². The molecule has 0 radical (unpaired) electrons. The number of hydrogen-bond donors (Lipinski definition) is 1. The number of rotatable bonds is 1. The lowest BCUT2D eigenvalue weighted by atomic mass is 9.49. The maximum absolute atomic E-state index is 12.2. The first-order valence-electron chi connectivity index (χ1n) is 10.6. The molecule has 5 saturated carbocycles. The van der Waals surface area contributed by atoms with Crippen LogP contribution < -0.4 is 0 Å². The van der Waals surface area contributed by atoms with Gasteiger partial charge in [-0.15, -0.1) is 0 Å². The molecule has 0 aromatic rings. The Bertz CT molecular complexity index is 570. The average Bonchev–Trinajstić information content (AvgIpc) is 2.92. The fourth-order valence-electron chi connectivity index (χ4n) is 8.90. The van der Waals surface area contributed by atoms with E-state index in [9.17, 15) is 9.90 Å². The summed E-state index contributed by atoms with van der Waals surface area (Å²) in [6, 6.07) is 0. The SMILES string of the molecule is CC(=O)[C@H]1CC[C@H]2[C@@H]3CC[C@@H]4C5[C@@H](C)[C@@]5(O)CC[C@@H]4[C@H]3CC[C@]12C. The van der Waals surface area contributed by atoms with Crippen LogP contribution in [0, 0.1) is 52.8 Å². The highest BCUT2D eigenvalue weighted by atomic mass is 16.3. The predicted molar refractivity (Wildman–Crippen MR) is 94.3 cm³/mol. The molecule has 0 aromatic heterocycles. The molecule has 134 valence electrons. The number of aliphatic hydroxyl groups is 1. The van der Waals surface area contributed by atoms with Gasteiger partial charge in [0.05, 0.1) is 5.60 Å². The summed E-state index contributed by atoms with van der Waals surface area (Å²) >= 11 is 0. The van der Waals surface area contributed by atoms with Crippen molar-refractivity contribution in [2.75, 3.05) is 0 Å². The van der Waals surface area contributed by atoms with Crippen LogP contribution in [0.25, 0.3) is 0 Å². The Balaban J connectivity index is 1.40. The largest absolute Gasteiger partial charge is 0.389 e. The molecule has 5 fully saturated rings. The number of carbonyl (C=O) groups is 1. The molecule has 0 saturated heterocycles. The van der Waals surface area contributed by atoms with Crippen LogP contribution in [0.5, 0.6) is 0 Å². The van der Waals surface area contributed by atoms with E-state index in [-0.39, 0.29) is 5.60 Å². The van der Waals surface area contributed by atoms with Gasteiger partial charge in [-0.25, -0.2) is 0 Å². The predicted octanol–water partition coefficient (Wildman–Crippen LogP) is 4.45. The molecule has 2 heteroatoms. The second kappa shape index (κ2) is 4.87. The normalized spacial score (nSPS) is 61.3. The van der Waals surface area contributed by atoms with E-state index in [1.54, 1.807) is 0 Å². The molecule has 0 bridgehead atoms. The molecule has 0 heterocycles. The molecule has 24 heavy (non-hydrogen) atoms. The van der Waals surface area contributed by atoms with Crippen molar-refractivity contribution < 1.29 is 9.90 Å². The van der Waals surface area contributed by atoms with Gasteiger partial charge in [-0.1, -0.05) is 13.8 Å². The smallest absolute Gasteiger partial charge is 0.133 e. The van der Waals surface area contributed by atoms with Crippen molar-refractivity contribution in [2.45, 2.75) is 77.7 Å². The van der Waals surface area contributed by atoms with E-state index in [2.05, 4.69) is 13.8 Å². The highest BCUT2D eigenvalue weighted by Crippen LogP contribution is 2.70. The van der Waals surface area contributed by atoms with Crippen molar-refractivity contribution in [2.24, 2.45) is 52.8 Å². The standard InChI is InChI=1S/C22H34O2/c1-12-20-17-5-4-16-14(15(17)9-11-22(12,20)24)8-10-21(3)18(13(2)23)6-7-19(16)21/h12,14-20,24H,4-11H2,1-3H3/t12-,14-,15-,16-,17+,18-,19+,20?,21-,22+/m1/s1. The van der Waals surface area contributed by atoms with Crippen LogP contribution in [0.1, 0.15) is 72.1 Å². The first-order chi connectivity index (χ1) is 11.4. The molecule has 0 aromatic carbocycles. The third-order valence-electron chi connectivity index (χ3n) is 10.1. The summed E-state index contributed by atoms with van der Waals surface area (Å²) in [6.07, 6.45) is 10.1. The van der Waals surface area contributed by atoms with Gasteiger partial charge in [0.25, 0.3) is 0 Å². The summed E-state index contributed by atoms with van der Waals surface area (Å²) < 4.78 is 0. The van der Waals surface area contributed by atoms with E-state index < -0.39 is 0 Å². The molecule has 2 nitrogen and oxygen atoms in total. The van der Waals surface area contributed by atoms with Crippen molar-refractivity contribution in [3.8, 4) is 0 Å². The monoisotopic (exact) mass is 330 g/mol. The van der Waals surface area contributed by atoms with Gasteiger partial charge in [-0.3, -0.25) is 4.79 Å². The molecule has 0 aliphatic heterocycles. The van der Waals surface area contributed by atoms with Gasteiger partial charge >= 0.3 is 0 Å². The second-order valence-electron chi connectivity index (χ2n) is 10.5. The zero-order valence-corrected chi connectivity index (χ0v) is 15.6. The van der Waals surface area contributed by atoms with Gasteiger partial charge in [0.2, 0.25) is 0 Å². The Morgan fingerprint density at radius 3 is 2.33 bits per heavy atom. The zero-order valence-electron chi connectivity index (χ0n) is 15.6. The van der Waals surface area contributed by atoms with Crippen LogP contribution in [0.4, 0.5) is 0 Å². The fraction of sp³-hybridized carbons (Fsp3) is 0.955. The summed E-state index contributed by atoms with van der Waals surface area (Å²) in [7, 11) is 0. The number of hydrogen-bond acceptors (Lipinski definition) is 2. The second-order valence-corrected chi connectivity index (χ2v) is 10.5. The van der Waals surface area contributed by atoms with Crippen LogP contribution in [-0.4, -0.2) is 16.5 Å². The minimum absolute atomic E-state index is 0.287. The number of Topliss-reactive ketones (excluding diaryl/α,β-unsaturated/α-hetero) is 1. The highest BCUT2D eigenvalue weighted by Gasteiger charge is 2.69. The molecule has 5 aliphatic rings. The van der Waals surface area contributed by atoms with Gasteiger partial charge in [-0.05, 0) is 105 Å². The Kier molecular flexibility index (Phi) is 3.22. The van der Waals surface area contributed by atoms with E-state index in [1.807, 2.05) is 6.92 Å². The molecule has 1 unspecified atom stereocenters. The third kappa shape index (κ3) is 1.79. The summed E-state index contributed by atoms with van der Waals surface area (Å²) in [4.78, 5) is 12.2.